The maximum Gasteiger partial charge on any atom is 0.154 e. The molecule has 0 aromatic heterocycles. The molecular weight excluding hydrogens is 222 g/mol. The fraction of sp³-hybridized carbons (Fsp3) is 0.500. The Kier molecular flexibility index (Phi) is 6.11. The van der Waals surface area contributed by atoms with Crippen LogP contribution in [-0.2, 0) is 9.84 Å². The molecule has 1 aromatic carbocycles. The number of rotatable bonds is 2. The number of hydrogen-bond acceptors (Lipinski definition) is 3. The average Bonchev–Trinajstić information content (AvgIpc) is 2.19. The monoisotopic (exact) mass is 243 g/mol. The molecule has 0 spiro atoms. The summed E-state index contributed by atoms with van der Waals surface area (Å²) in [5.74, 6) is 0. The molecule has 16 heavy (non-hydrogen) atoms. The van der Waals surface area contributed by atoms with E-state index in [0.29, 0.717) is 0 Å². The van der Waals surface area contributed by atoms with Crippen LogP contribution in [-0.4, -0.2) is 18.9 Å². The molecule has 1 aromatic rings. The lowest BCUT2D eigenvalue weighted by atomic mass is 10.3. The van der Waals surface area contributed by atoms with E-state index in [1.807, 2.05) is 30.3 Å². The smallest absolute Gasteiger partial charge is 0.154 e. The van der Waals surface area contributed by atoms with Crippen LogP contribution < -0.4 is 5.73 Å². The van der Waals surface area contributed by atoms with Gasteiger partial charge in [0, 0.05) is 5.69 Å². The molecule has 2 N–H and O–H groups in total. The van der Waals surface area contributed by atoms with E-state index in [1.54, 1.807) is 27.7 Å². The second-order valence-electron chi connectivity index (χ2n) is 4.10. The van der Waals surface area contributed by atoms with Gasteiger partial charge in [-0.1, -0.05) is 18.2 Å². The van der Waals surface area contributed by atoms with Crippen LogP contribution in [0.25, 0.3) is 0 Å². The molecule has 0 aliphatic heterocycles. The minimum Gasteiger partial charge on any atom is -0.399 e. The Bertz CT molecular complexity index is 369. The van der Waals surface area contributed by atoms with Crippen LogP contribution in [0, 0.1) is 0 Å². The third-order valence-electron chi connectivity index (χ3n) is 2.11. The van der Waals surface area contributed by atoms with Crippen LogP contribution in [0.15, 0.2) is 30.3 Å². The molecule has 0 fully saturated rings. The quantitative estimate of drug-likeness (QED) is 0.812. The van der Waals surface area contributed by atoms with Gasteiger partial charge in [-0.15, -0.1) is 0 Å². The number of sulfone groups is 1. The van der Waals surface area contributed by atoms with Crippen LogP contribution >= 0.6 is 0 Å². The largest absolute Gasteiger partial charge is 0.399 e. The van der Waals surface area contributed by atoms with E-state index in [2.05, 4.69) is 0 Å². The highest BCUT2D eigenvalue weighted by molar-refractivity contribution is 7.92. The lowest BCUT2D eigenvalue weighted by molar-refractivity contribution is 0.578. The topological polar surface area (TPSA) is 60.2 Å². The summed E-state index contributed by atoms with van der Waals surface area (Å²) in [6.45, 7) is 6.81. The Morgan fingerprint density at radius 1 is 0.938 bits per heavy atom. The highest BCUT2D eigenvalue weighted by Gasteiger charge is 2.19. The van der Waals surface area contributed by atoms with E-state index in [9.17, 15) is 8.42 Å². The summed E-state index contributed by atoms with van der Waals surface area (Å²) in [5.41, 5.74) is 6.18. The molecule has 0 unspecified atom stereocenters. The molecule has 0 bridgehead atoms. The Morgan fingerprint density at radius 2 is 1.31 bits per heavy atom. The summed E-state index contributed by atoms with van der Waals surface area (Å²) in [4.78, 5) is 0. The third-order valence-corrected chi connectivity index (χ3v) is 4.74. The molecule has 1 rings (SSSR count). The molecule has 3 nitrogen and oxygen atoms in total. The molecular formula is C12H21NO2S. The SMILES string of the molecule is CC(C)S(=O)(=O)C(C)C.Nc1ccccc1. The van der Waals surface area contributed by atoms with Crippen LogP contribution in [0.3, 0.4) is 0 Å². The number of nitrogens with two attached hydrogens (primary N) is 1. The van der Waals surface area contributed by atoms with Crippen molar-refractivity contribution in [2.45, 2.75) is 38.2 Å². The van der Waals surface area contributed by atoms with Gasteiger partial charge in [-0.25, -0.2) is 8.42 Å². The number of nitrogen functional groups attached to an aromatic ring is 1. The molecule has 4 heteroatoms. The molecule has 92 valence electrons. The molecule has 0 radical (unpaired) electrons. The molecule has 0 heterocycles. The number of benzene rings is 1. The molecule has 0 saturated heterocycles. The van der Waals surface area contributed by atoms with Crippen LogP contribution in [0.1, 0.15) is 27.7 Å². The summed E-state index contributed by atoms with van der Waals surface area (Å²) in [6, 6.07) is 9.49. The summed E-state index contributed by atoms with van der Waals surface area (Å²) in [5, 5.41) is -0.477. The number of hydrogen-bond donors (Lipinski definition) is 1. The second kappa shape index (κ2) is 6.53. The predicted octanol–water partition coefficient (Wildman–Crippen LogP) is 2.49. The molecule has 0 saturated carbocycles. The van der Waals surface area contributed by atoms with Gasteiger partial charge >= 0.3 is 0 Å². The second-order valence-corrected chi connectivity index (χ2v) is 7.16. The fourth-order valence-electron chi connectivity index (χ4n) is 0.997. The van der Waals surface area contributed by atoms with Crippen molar-refractivity contribution in [3.63, 3.8) is 0 Å². The summed E-state index contributed by atoms with van der Waals surface area (Å²) in [7, 11) is -2.81. The highest BCUT2D eigenvalue weighted by Crippen LogP contribution is 2.06. The first-order valence-electron chi connectivity index (χ1n) is 5.31. The van der Waals surface area contributed by atoms with E-state index in [0.717, 1.165) is 5.69 Å². The van der Waals surface area contributed by atoms with E-state index in [-0.39, 0.29) is 10.5 Å². The Labute approximate surface area is 98.6 Å². The Balaban J connectivity index is 0.000000288. The highest BCUT2D eigenvalue weighted by atomic mass is 32.2. The predicted molar refractivity (Wildman–Crippen MR) is 70.0 cm³/mol. The van der Waals surface area contributed by atoms with Crippen molar-refractivity contribution in [3.05, 3.63) is 30.3 Å². The van der Waals surface area contributed by atoms with E-state index in [4.69, 9.17) is 5.73 Å². The summed E-state index contributed by atoms with van der Waals surface area (Å²) in [6.07, 6.45) is 0. The zero-order valence-electron chi connectivity index (χ0n) is 10.3. The van der Waals surface area contributed by atoms with Crippen molar-refractivity contribution in [1.29, 1.82) is 0 Å². The van der Waals surface area contributed by atoms with Gasteiger partial charge in [-0.3, -0.25) is 0 Å². The Morgan fingerprint density at radius 3 is 1.44 bits per heavy atom. The molecule has 0 aliphatic carbocycles. The van der Waals surface area contributed by atoms with E-state index < -0.39 is 9.84 Å². The number of para-hydroxylation sites is 1. The fourth-order valence-corrected chi connectivity index (χ4v) is 2.09. The van der Waals surface area contributed by atoms with Gasteiger partial charge in [0.25, 0.3) is 0 Å². The van der Waals surface area contributed by atoms with Crippen molar-refractivity contribution in [3.8, 4) is 0 Å². The minimum absolute atomic E-state index is 0.238. The molecule has 0 amide bonds. The maximum atomic E-state index is 11.0. The van der Waals surface area contributed by atoms with Crippen LogP contribution in [0.5, 0.6) is 0 Å². The lowest BCUT2D eigenvalue weighted by Crippen LogP contribution is -2.23. The van der Waals surface area contributed by atoms with Crippen LogP contribution in [0.4, 0.5) is 5.69 Å². The average molecular weight is 243 g/mol. The van der Waals surface area contributed by atoms with Crippen LogP contribution in [0.2, 0.25) is 0 Å². The van der Waals surface area contributed by atoms with Crippen molar-refractivity contribution in [1.82, 2.24) is 0 Å². The summed E-state index contributed by atoms with van der Waals surface area (Å²) >= 11 is 0. The first kappa shape index (κ1) is 15.0. The van der Waals surface area contributed by atoms with E-state index in [1.165, 1.54) is 0 Å². The normalized spacial score (nSPS) is 11.1. The maximum absolute atomic E-state index is 11.0. The summed E-state index contributed by atoms with van der Waals surface area (Å²) < 4.78 is 22.1. The van der Waals surface area contributed by atoms with Gasteiger partial charge in [0.2, 0.25) is 0 Å². The third kappa shape index (κ3) is 5.16. The van der Waals surface area contributed by atoms with Gasteiger partial charge in [-0.05, 0) is 39.8 Å². The van der Waals surface area contributed by atoms with Crippen molar-refractivity contribution >= 4 is 15.5 Å². The van der Waals surface area contributed by atoms with Gasteiger partial charge in [0.1, 0.15) is 0 Å². The van der Waals surface area contributed by atoms with E-state index >= 15 is 0 Å². The molecule has 0 atom stereocenters. The zero-order valence-corrected chi connectivity index (χ0v) is 11.2. The van der Waals surface area contributed by atoms with Crippen molar-refractivity contribution in [2.24, 2.45) is 0 Å². The minimum atomic E-state index is -2.81. The van der Waals surface area contributed by atoms with Gasteiger partial charge in [0.05, 0.1) is 10.5 Å². The lowest BCUT2D eigenvalue weighted by Gasteiger charge is -2.09. The molecule has 0 aliphatic rings. The van der Waals surface area contributed by atoms with Gasteiger partial charge in [0.15, 0.2) is 9.84 Å². The van der Waals surface area contributed by atoms with Crippen molar-refractivity contribution < 1.29 is 8.42 Å². The van der Waals surface area contributed by atoms with Gasteiger partial charge in [-0.2, -0.15) is 0 Å². The van der Waals surface area contributed by atoms with Gasteiger partial charge < -0.3 is 5.73 Å². The first-order chi connectivity index (χ1) is 7.28. The standard InChI is InChI=1S/C6H7N.C6H14O2S/c7-6-4-2-1-3-5-6;1-5(2)9(7,8)6(3)4/h1-5H,7H2;5-6H,1-4H3. The van der Waals surface area contributed by atoms with Crippen molar-refractivity contribution in [2.75, 3.05) is 5.73 Å². The number of anilines is 1. The first-order valence-corrected chi connectivity index (χ1v) is 6.92. The zero-order chi connectivity index (χ0) is 12.8. The Hall–Kier alpha value is -1.03.